The monoisotopic (exact) mass is 468 g/mol. The number of benzene rings is 3. The molecule has 162 valence electrons. The van der Waals surface area contributed by atoms with Gasteiger partial charge in [0.05, 0.1) is 21.8 Å². The maximum atomic E-state index is 13.2. The van der Waals surface area contributed by atoms with Crippen molar-refractivity contribution in [2.45, 2.75) is 18.0 Å². The van der Waals surface area contributed by atoms with Crippen LogP contribution in [0.25, 0.3) is 0 Å². The Balaban J connectivity index is 1.83. The van der Waals surface area contributed by atoms with Crippen LogP contribution in [0, 0.1) is 6.92 Å². The fraction of sp³-hybridized carbons (Fsp3) is 0.0952. The van der Waals surface area contributed by atoms with Gasteiger partial charge in [0, 0.05) is 10.6 Å². The first-order chi connectivity index (χ1) is 14.5. The van der Waals surface area contributed by atoms with E-state index < -0.39 is 33.4 Å². The van der Waals surface area contributed by atoms with Crippen molar-refractivity contribution < 1.29 is 26.4 Å². The van der Waals surface area contributed by atoms with E-state index in [0.29, 0.717) is 5.56 Å². The number of amides is 1. The molecule has 10 heteroatoms. The standard InChI is InChI=1S/C21H16ClF3N2O3S/c1-13-11-14(7-9-18(13)27-31(29,30)16-5-3-2-4-6-16)20(28)26-19-10-8-15(22)12-17(19)21(23,24)25/h2-12,27H,1H3,(H,26,28). The van der Waals surface area contributed by atoms with Crippen molar-refractivity contribution >= 4 is 38.9 Å². The molecule has 3 aromatic rings. The summed E-state index contributed by atoms with van der Waals surface area (Å²) in [4.78, 5) is 12.6. The number of aryl methyl sites for hydroxylation is 1. The zero-order valence-electron chi connectivity index (χ0n) is 16.0. The lowest BCUT2D eigenvalue weighted by Gasteiger charge is -2.15. The number of carbonyl (C=O) groups excluding carboxylic acids is 1. The van der Waals surface area contributed by atoms with Crippen LogP contribution in [0.2, 0.25) is 5.02 Å². The molecule has 0 unspecified atom stereocenters. The predicted molar refractivity (Wildman–Crippen MR) is 113 cm³/mol. The number of rotatable bonds is 5. The van der Waals surface area contributed by atoms with E-state index in [2.05, 4.69) is 10.0 Å². The normalized spacial score (nSPS) is 11.8. The Hall–Kier alpha value is -3.04. The molecule has 0 spiro atoms. The molecule has 5 nitrogen and oxygen atoms in total. The summed E-state index contributed by atoms with van der Waals surface area (Å²) in [6.07, 6.45) is -4.71. The van der Waals surface area contributed by atoms with Gasteiger partial charge < -0.3 is 5.32 Å². The lowest BCUT2D eigenvalue weighted by molar-refractivity contribution is -0.136. The van der Waals surface area contributed by atoms with E-state index in [0.717, 1.165) is 12.1 Å². The quantitative estimate of drug-likeness (QED) is 0.503. The summed E-state index contributed by atoms with van der Waals surface area (Å²) in [6, 6.07) is 14.8. The average molecular weight is 469 g/mol. The zero-order valence-corrected chi connectivity index (χ0v) is 17.6. The van der Waals surface area contributed by atoms with Crippen LogP contribution in [-0.4, -0.2) is 14.3 Å². The minimum absolute atomic E-state index is 0.0585. The Bertz CT molecular complexity index is 1230. The summed E-state index contributed by atoms with van der Waals surface area (Å²) >= 11 is 5.64. The summed E-state index contributed by atoms with van der Waals surface area (Å²) < 4.78 is 67.0. The second kappa shape index (κ2) is 8.60. The molecule has 3 aromatic carbocycles. The van der Waals surface area contributed by atoms with Gasteiger partial charge in [-0.3, -0.25) is 9.52 Å². The van der Waals surface area contributed by atoms with Gasteiger partial charge in [-0.2, -0.15) is 13.2 Å². The number of alkyl halides is 3. The molecule has 0 saturated carbocycles. The van der Waals surface area contributed by atoms with Gasteiger partial charge in [0.15, 0.2) is 0 Å². The van der Waals surface area contributed by atoms with Crippen molar-refractivity contribution in [2.24, 2.45) is 0 Å². The first-order valence-corrected chi connectivity index (χ1v) is 10.7. The molecule has 0 saturated heterocycles. The van der Waals surface area contributed by atoms with Gasteiger partial charge in [-0.25, -0.2) is 8.42 Å². The molecule has 0 atom stereocenters. The molecule has 0 fully saturated rings. The molecular weight excluding hydrogens is 453 g/mol. The van der Waals surface area contributed by atoms with Gasteiger partial charge in [-0.05, 0) is 61.0 Å². The number of nitrogens with one attached hydrogen (secondary N) is 2. The topological polar surface area (TPSA) is 75.3 Å². The van der Waals surface area contributed by atoms with E-state index in [1.54, 1.807) is 25.1 Å². The highest BCUT2D eigenvalue weighted by Crippen LogP contribution is 2.36. The van der Waals surface area contributed by atoms with E-state index >= 15 is 0 Å². The molecule has 2 N–H and O–H groups in total. The maximum Gasteiger partial charge on any atom is 0.418 e. The van der Waals surface area contributed by atoms with Gasteiger partial charge >= 0.3 is 6.18 Å². The molecule has 0 heterocycles. The minimum atomic E-state index is -4.71. The predicted octanol–water partition coefficient (Wildman–Crippen LogP) is 5.72. The number of hydrogen-bond donors (Lipinski definition) is 2. The number of carbonyl (C=O) groups is 1. The lowest BCUT2D eigenvalue weighted by Crippen LogP contribution is -2.17. The third-order valence-corrected chi connectivity index (χ3v) is 5.94. The van der Waals surface area contributed by atoms with Crippen molar-refractivity contribution in [1.29, 1.82) is 0 Å². The highest BCUT2D eigenvalue weighted by molar-refractivity contribution is 7.92. The van der Waals surface area contributed by atoms with Gasteiger partial charge in [0.1, 0.15) is 0 Å². The van der Waals surface area contributed by atoms with Crippen molar-refractivity contribution in [3.05, 3.63) is 88.4 Å². The smallest absolute Gasteiger partial charge is 0.321 e. The zero-order chi connectivity index (χ0) is 22.8. The fourth-order valence-corrected chi connectivity index (χ4v) is 4.10. The Morgan fingerprint density at radius 2 is 1.58 bits per heavy atom. The Kier molecular flexibility index (Phi) is 6.28. The lowest BCUT2D eigenvalue weighted by atomic mass is 10.1. The summed E-state index contributed by atoms with van der Waals surface area (Å²) in [7, 11) is -3.83. The summed E-state index contributed by atoms with van der Waals surface area (Å²) in [5.74, 6) is -0.784. The highest BCUT2D eigenvalue weighted by Gasteiger charge is 2.34. The van der Waals surface area contributed by atoms with E-state index in [4.69, 9.17) is 11.6 Å². The van der Waals surface area contributed by atoms with E-state index in [9.17, 15) is 26.4 Å². The molecule has 0 aliphatic rings. The highest BCUT2D eigenvalue weighted by atomic mass is 35.5. The van der Waals surface area contributed by atoms with Crippen molar-refractivity contribution in [3.8, 4) is 0 Å². The van der Waals surface area contributed by atoms with Crippen LogP contribution in [0.4, 0.5) is 24.5 Å². The number of anilines is 2. The molecular formula is C21H16ClF3N2O3S. The van der Waals surface area contributed by atoms with Crippen LogP contribution < -0.4 is 10.0 Å². The molecule has 0 radical (unpaired) electrons. The second-order valence-electron chi connectivity index (χ2n) is 6.59. The Labute approximate surface area is 181 Å². The van der Waals surface area contributed by atoms with Gasteiger partial charge in [-0.15, -0.1) is 0 Å². The fourth-order valence-electron chi connectivity index (χ4n) is 2.78. The minimum Gasteiger partial charge on any atom is -0.321 e. The second-order valence-corrected chi connectivity index (χ2v) is 8.71. The Morgan fingerprint density at radius 3 is 2.19 bits per heavy atom. The average Bonchev–Trinajstić information content (AvgIpc) is 2.70. The van der Waals surface area contributed by atoms with E-state index in [1.165, 1.54) is 36.4 Å². The van der Waals surface area contributed by atoms with Crippen molar-refractivity contribution in [2.75, 3.05) is 10.0 Å². The third kappa shape index (κ3) is 5.36. The molecule has 0 aliphatic carbocycles. The van der Waals surface area contributed by atoms with E-state index in [-0.39, 0.29) is 21.2 Å². The first kappa shape index (κ1) is 22.6. The van der Waals surface area contributed by atoms with Crippen LogP contribution in [0.3, 0.4) is 0 Å². The summed E-state index contributed by atoms with van der Waals surface area (Å²) in [5.41, 5.74) is -0.795. The van der Waals surface area contributed by atoms with Crippen LogP contribution in [0.5, 0.6) is 0 Å². The molecule has 0 bridgehead atoms. The molecule has 0 aliphatic heterocycles. The number of sulfonamides is 1. The maximum absolute atomic E-state index is 13.2. The van der Waals surface area contributed by atoms with Gasteiger partial charge in [-0.1, -0.05) is 29.8 Å². The van der Waals surface area contributed by atoms with Gasteiger partial charge in [0.2, 0.25) is 0 Å². The van der Waals surface area contributed by atoms with Gasteiger partial charge in [0.25, 0.3) is 15.9 Å². The summed E-state index contributed by atoms with van der Waals surface area (Å²) in [5, 5.41) is 2.11. The van der Waals surface area contributed by atoms with Crippen molar-refractivity contribution in [3.63, 3.8) is 0 Å². The molecule has 1 amide bonds. The van der Waals surface area contributed by atoms with Crippen LogP contribution in [0.15, 0.2) is 71.6 Å². The van der Waals surface area contributed by atoms with Crippen molar-refractivity contribution in [1.82, 2.24) is 0 Å². The SMILES string of the molecule is Cc1cc(C(=O)Nc2ccc(Cl)cc2C(F)(F)F)ccc1NS(=O)(=O)c1ccccc1. The summed E-state index contributed by atoms with van der Waals surface area (Å²) in [6.45, 7) is 1.57. The number of halogens is 4. The Morgan fingerprint density at radius 1 is 0.935 bits per heavy atom. The molecule has 31 heavy (non-hydrogen) atoms. The molecule has 3 rings (SSSR count). The van der Waals surface area contributed by atoms with Crippen LogP contribution in [-0.2, 0) is 16.2 Å². The third-order valence-electron chi connectivity index (χ3n) is 4.32. The number of hydrogen-bond acceptors (Lipinski definition) is 3. The van der Waals surface area contributed by atoms with Crippen LogP contribution in [0.1, 0.15) is 21.5 Å². The largest absolute Gasteiger partial charge is 0.418 e. The molecule has 0 aromatic heterocycles. The first-order valence-electron chi connectivity index (χ1n) is 8.84. The van der Waals surface area contributed by atoms with E-state index in [1.807, 2.05) is 0 Å². The van der Waals surface area contributed by atoms with Crippen LogP contribution >= 0.6 is 11.6 Å².